The third-order valence-corrected chi connectivity index (χ3v) is 6.11. The van der Waals surface area contributed by atoms with E-state index in [-0.39, 0.29) is 23.9 Å². The van der Waals surface area contributed by atoms with Gasteiger partial charge in [0.15, 0.2) is 11.5 Å². The van der Waals surface area contributed by atoms with Crippen molar-refractivity contribution in [2.45, 2.75) is 64.6 Å². The lowest BCUT2D eigenvalue weighted by Gasteiger charge is -2.42. The molecule has 1 aliphatic carbocycles. The van der Waals surface area contributed by atoms with Crippen LogP contribution in [0, 0.1) is 18.8 Å². The van der Waals surface area contributed by atoms with Gasteiger partial charge in [-0.25, -0.2) is 9.97 Å². The summed E-state index contributed by atoms with van der Waals surface area (Å²) in [6.07, 6.45) is -1.18. The monoisotopic (exact) mass is 439 g/mol. The molecule has 2 aliphatic rings. The van der Waals surface area contributed by atoms with Crippen LogP contribution in [0.15, 0.2) is 12.5 Å². The molecule has 4 rings (SSSR count). The van der Waals surface area contributed by atoms with Crippen molar-refractivity contribution in [3.05, 3.63) is 23.9 Å². The Labute approximate surface area is 178 Å². The number of aryl methyl sites for hydroxylation is 1. The van der Waals surface area contributed by atoms with Gasteiger partial charge in [-0.15, -0.1) is 0 Å². The van der Waals surface area contributed by atoms with Crippen LogP contribution < -0.4 is 15.5 Å². The summed E-state index contributed by atoms with van der Waals surface area (Å²) in [6.45, 7) is 6.48. The number of hydrogen-bond donors (Lipinski definition) is 3. The van der Waals surface area contributed by atoms with Gasteiger partial charge >= 0.3 is 6.18 Å². The molecule has 3 heterocycles. The first-order chi connectivity index (χ1) is 14.5. The predicted molar refractivity (Wildman–Crippen MR) is 111 cm³/mol. The molecule has 1 saturated carbocycles. The van der Waals surface area contributed by atoms with E-state index in [1.807, 2.05) is 18.9 Å². The zero-order chi connectivity index (χ0) is 22.5. The second-order valence-electron chi connectivity index (χ2n) is 8.90. The number of aliphatic hydroxyl groups excluding tert-OH is 1. The van der Waals surface area contributed by atoms with Gasteiger partial charge in [-0.05, 0) is 31.6 Å². The SMILES string of the molecule is Cc1nc(NC2CC(Cn3cnc(C(F)(F)F)c3)C2)nc2c1NC(O)[C@H](C(C)C)N2C. The van der Waals surface area contributed by atoms with Gasteiger partial charge in [0, 0.05) is 25.8 Å². The zero-order valence-electron chi connectivity index (χ0n) is 18.0. The van der Waals surface area contributed by atoms with Gasteiger partial charge in [0.25, 0.3) is 0 Å². The smallest absolute Gasteiger partial charge is 0.372 e. The molecule has 0 aromatic carbocycles. The first-order valence-corrected chi connectivity index (χ1v) is 10.4. The molecule has 0 saturated heterocycles. The highest BCUT2D eigenvalue weighted by Gasteiger charge is 2.37. The van der Waals surface area contributed by atoms with E-state index in [0.717, 1.165) is 36.2 Å². The van der Waals surface area contributed by atoms with Crippen molar-refractivity contribution < 1.29 is 18.3 Å². The van der Waals surface area contributed by atoms with Crippen LogP contribution in [0.25, 0.3) is 0 Å². The summed E-state index contributed by atoms with van der Waals surface area (Å²) >= 11 is 0. The molecular weight excluding hydrogens is 411 g/mol. The third kappa shape index (κ3) is 4.28. The minimum absolute atomic E-state index is 0.112. The summed E-state index contributed by atoms with van der Waals surface area (Å²) < 4.78 is 39.6. The summed E-state index contributed by atoms with van der Waals surface area (Å²) in [5.74, 6) is 1.76. The van der Waals surface area contributed by atoms with Crippen LogP contribution in [0.3, 0.4) is 0 Å². The van der Waals surface area contributed by atoms with E-state index in [9.17, 15) is 18.3 Å². The molecule has 0 radical (unpaired) electrons. The summed E-state index contributed by atoms with van der Waals surface area (Å²) in [5.41, 5.74) is 0.612. The average Bonchev–Trinajstić information content (AvgIpc) is 3.10. The van der Waals surface area contributed by atoms with Crippen LogP contribution in [0.1, 0.15) is 38.1 Å². The summed E-state index contributed by atoms with van der Waals surface area (Å²) in [5, 5.41) is 16.9. The van der Waals surface area contributed by atoms with Crippen molar-refractivity contribution in [3.8, 4) is 0 Å². The molecule has 11 heteroatoms. The number of aliphatic hydroxyl groups is 1. The van der Waals surface area contributed by atoms with Gasteiger partial charge in [0.2, 0.25) is 5.95 Å². The van der Waals surface area contributed by atoms with Crippen LogP contribution in [-0.4, -0.2) is 50.0 Å². The van der Waals surface area contributed by atoms with Crippen LogP contribution in [0.4, 0.5) is 30.6 Å². The van der Waals surface area contributed by atoms with E-state index < -0.39 is 18.1 Å². The first-order valence-electron chi connectivity index (χ1n) is 10.4. The number of fused-ring (bicyclic) bond motifs is 1. The van der Waals surface area contributed by atoms with E-state index in [2.05, 4.69) is 39.4 Å². The maximum atomic E-state index is 12.7. The van der Waals surface area contributed by atoms with E-state index in [0.29, 0.717) is 12.5 Å². The fourth-order valence-electron chi connectivity index (χ4n) is 4.53. The Morgan fingerprint density at radius 2 is 2.00 bits per heavy atom. The Balaban J connectivity index is 1.38. The first kappa shape index (κ1) is 21.7. The number of nitrogens with zero attached hydrogens (tertiary/aromatic N) is 5. The fourth-order valence-corrected chi connectivity index (χ4v) is 4.53. The Hall–Kier alpha value is -2.56. The molecular formula is C20H28F3N7O. The maximum Gasteiger partial charge on any atom is 0.434 e. The van der Waals surface area contributed by atoms with Gasteiger partial charge in [0.05, 0.1) is 18.1 Å². The number of nitrogens with one attached hydrogen (secondary N) is 2. The molecule has 0 spiro atoms. The standard InChI is InChI=1S/C20H28F3N7O/c1-10(2)16-18(31)27-15-11(3)25-19(28-17(15)29(16)4)26-13-5-12(6-13)7-30-8-14(24-9-30)20(21,22)23/h8-10,12-13,16,18,27,31H,5-7H2,1-4H3,(H,25,26,28)/t12?,13?,16-,18?/m0/s1. The van der Waals surface area contributed by atoms with E-state index in [1.54, 1.807) is 0 Å². The number of anilines is 3. The van der Waals surface area contributed by atoms with Gasteiger partial charge in [-0.3, -0.25) is 0 Å². The average molecular weight is 439 g/mol. The van der Waals surface area contributed by atoms with Crippen molar-refractivity contribution in [1.82, 2.24) is 19.5 Å². The van der Waals surface area contributed by atoms with Crippen LogP contribution in [0.2, 0.25) is 0 Å². The third-order valence-electron chi connectivity index (χ3n) is 6.11. The van der Waals surface area contributed by atoms with Gasteiger partial charge in [0.1, 0.15) is 11.9 Å². The number of aromatic nitrogens is 4. The van der Waals surface area contributed by atoms with Gasteiger partial charge < -0.3 is 25.2 Å². The highest BCUT2D eigenvalue weighted by atomic mass is 19.4. The van der Waals surface area contributed by atoms with Crippen LogP contribution in [0.5, 0.6) is 0 Å². The molecule has 2 atom stereocenters. The Morgan fingerprint density at radius 3 is 2.61 bits per heavy atom. The van der Waals surface area contributed by atoms with E-state index in [1.165, 1.54) is 10.9 Å². The fraction of sp³-hybridized carbons (Fsp3) is 0.650. The minimum Gasteiger partial charge on any atom is -0.372 e. The van der Waals surface area contributed by atoms with Crippen molar-refractivity contribution in [2.75, 3.05) is 22.6 Å². The van der Waals surface area contributed by atoms with Crippen LogP contribution >= 0.6 is 0 Å². The molecule has 31 heavy (non-hydrogen) atoms. The Morgan fingerprint density at radius 1 is 1.29 bits per heavy atom. The molecule has 8 nitrogen and oxygen atoms in total. The second-order valence-corrected chi connectivity index (χ2v) is 8.90. The number of imidazole rings is 1. The highest BCUT2D eigenvalue weighted by Crippen LogP contribution is 2.37. The van der Waals surface area contributed by atoms with E-state index in [4.69, 9.17) is 0 Å². The normalized spacial score (nSPS) is 25.8. The number of alkyl halides is 3. The van der Waals surface area contributed by atoms with Gasteiger partial charge in [-0.1, -0.05) is 13.8 Å². The lowest BCUT2D eigenvalue weighted by atomic mass is 9.80. The topological polar surface area (TPSA) is 91.1 Å². The summed E-state index contributed by atoms with van der Waals surface area (Å²) in [7, 11) is 1.92. The highest BCUT2D eigenvalue weighted by molar-refractivity contribution is 5.72. The molecule has 0 amide bonds. The molecule has 2 aromatic rings. The number of likely N-dealkylation sites (N-methyl/N-ethyl adjacent to an activating group) is 1. The Bertz CT molecular complexity index is 939. The molecule has 0 bridgehead atoms. The molecule has 3 N–H and O–H groups in total. The quantitative estimate of drug-likeness (QED) is 0.660. The van der Waals surface area contributed by atoms with Gasteiger partial charge in [-0.2, -0.15) is 18.2 Å². The minimum atomic E-state index is -4.41. The van der Waals surface area contributed by atoms with Crippen molar-refractivity contribution in [2.24, 2.45) is 11.8 Å². The Kier molecular flexibility index (Phi) is 5.48. The second kappa shape index (κ2) is 7.85. The summed E-state index contributed by atoms with van der Waals surface area (Å²) in [6, 6.07) is 0.0564. The zero-order valence-corrected chi connectivity index (χ0v) is 18.0. The van der Waals surface area contributed by atoms with Crippen molar-refractivity contribution >= 4 is 17.5 Å². The lowest BCUT2D eigenvalue weighted by Crippen LogP contribution is -2.52. The lowest BCUT2D eigenvalue weighted by molar-refractivity contribution is -0.141. The largest absolute Gasteiger partial charge is 0.434 e. The number of rotatable bonds is 5. The summed E-state index contributed by atoms with van der Waals surface area (Å²) in [4.78, 5) is 14.6. The van der Waals surface area contributed by atoms with Crippen molar-refractivity contribution in [3.63, 3.8) is 0 Å². The molecule has 2 aromatic heterocycles. The maximum absolute atomic E-state index is 12.7. The number of hydrogen-bond acceptors (Lipinski definition) is 7. The predicted octanol–water partition coefficient (Wildman–Crippen LogP) is 3.10. The van der Waals surface area contributed by atoms with E-state index >= 15 is 0 Å². The molecule has 1 aliphatic heterocycles. The molecule has 1 fully saturated rings. The number of halogens is 3. The van der Waals surface area contributed by atoms with Crippen LogP contribution in [-0.2, 0) is 12.7 Å². The molecule has 170 valence electrons. The van der Waals surface area contributed by atoms with Crippen molar-refractivity contribution in [1.29, 1.82) is 0 Å². The molecule has 1 unspecified atom stereocenters.